The van der Waals surface area contributed by atoms with Gasteiger partial charge in [0.1, 0.15) is 11.3 Å². The van der Waals surface area contributed by atoms with Crippen LogP contribution < -0.4 is 11.1 Å². The van der Waals surface area contributed by atoms with Gasteiger partial charge >= 0.3 is 5.76 Å². The molecule has 0 radical (unpaired) electrons. The molecule has 3 heterocycles. The Balaban J connectivity index is 1.52. The van der Waals surface area contributed by atoms with Gasteiger partial charge in [-0.05, 0) is 44.1 Å². The number of H-pyrrole nitrogens is 1. The summed E-state index contributed by atoms with van der Waals surface area (Å²) in [5.74, 6) is 2.19. The zero-order chi connectivity index (χ0) is 22.6. The van der Waals surface area contributed by atoms with E-state index in [2.05, 4.69) is 56.2 Å². The quantitative estimate of drug-likeness (QED) is 0.464. The number of fused-ring (bicyclic) bond motifs is 1. The molecule has 0 amide bonds. The van der Waals surface area contributed by atoms with E-state index in [0.29, 0.717) is 23.2 Å². The van der Waals surface area contributed by atoms with Crippen LogP contribution in [0.1, 0.15) is 56.8 Å². The van der Waals surface area contributed by atoms with E-state index in [1.165, 1.54) is 31.2 Å². The number of aromatic nitrogens is 6. The summed E-state index contributed by atoms with van der Waals surface area (Å²) in [6, 6.07) is 10.9. The fraction of sp³-hybridized carbons (Fsp3) is 0.458. The van der Waals surface area contributed by atoms with Crippen LogP contribution in [0.4, 0.5) is 5.82 Å². The van der Waals surface area contributed by atoms with Gasteiger partial charge in [-0.3, -0.25) is 9.51 Å². The Morgan fingerprint density at radius 3 is 2.55 bits per heavy atom. The molecule has 6 rings (SSSR count). The second-order valence-electron chi connectivity index (χ2n) is 9.43. The Labute approximate surface area is 190 Å². The van der Waals surface area contributed by atoms with Gasteiger partial charge in [0.2, 0.25) is 11.6 Å². The first-order valence-corrected chi connectivity index (χ1v) is 11.7. The summed E-state index contributed by atoms with van der Waals surface area (Å²) in [5, 5.41) is 7.42. The molecule has 9 nitrogen and oxygen atoms in total. The van der Waals surface area contributed by atoms with Crippen LogP contribution in [0.5, 0.6) is 0 Å². The van der Waals surface area contributed by atoms with E-state index in [0.717, 1.165) is 24.2 Å². The van der Waals surface area contributed by atoms with Crippen molar-refractivity contribution in [1.29, 1.82) is 0 Å². The van der Waals surface area contributed by atoms with Crippen molar-refractivity contribution >= 4 is 17.0 Å². The van der Waals surface area contributed by atoms with Crippen LogP contribution in [0.15, 0.2) is 39.6 Å². The van der Waals surface area contributed by atoms with Gasteiger partial charge in [0.05, 0.1) is 5.41 Å². The predicted molar refractivity (Wildman–Crippen MR) is 124 cm³/mol. The Bertz CT molecular complexity index is 1360. The van der Waals surface area contributed by atoms with Crippen molar-refractivity contribution < 1.29 is 4.52 Å². The maximum Gasteiger partial charge on any atom is 0.439 e. The van der Waals surface area contributed by atoms with Gasteiger partial charge in [-0.1, -0.05) is 48.3 Å². The summed E-state index contributed by atoms with van der Waals surface area (Å²) in [6.07, 6.45) is 6.98. The van der Waals surface area contributed by atoms with Crippen molar-refractivity contribution in [3.8, 4) is 11.6 Å². The third kappa shape index (κ3) is 3.17. The molecular formula is C24H27N7O2. The van der Waals surface area contributed by atoms with E-state index in [1.807, 2.05) is 13.1 Å². The van der Waals surface area contributed by atoms with Crippen LogP contribution in [-0.2, 0) is 12.5 Å². The molecule has 33 heavy (non-hydrogen) atoms. The van der Waals surface area contributed by atoms with Crippen molar-refractivity contribution in [3.63, 3.8) is 0 Å². The van der Waals surface area contributed by atoms with Crippen LogP contribution in [0.2, 0.25) is 0 Å². The van der Waals surface area contributed by atoms with Gasteiger partial charge in [-0.25, -0.2) is 19.7 Å². The Morgan fingerprint density at radius 1 is 1.15 bits per heavy atom. The molecule has 1 aromatic carbocycles. The third-order valence-corrected chi connectivity index (χ3v) is 7.57. The first-order valence-electron chi connectivity index (χ1n) is 11.7. The van der Waals surface area contributed by atoms with Gasteiger partial charge in [0.15, 0.2) is 11.5 Å². The average Bonchev–Trinajstić information content (AvgIpc) is 3.31. The Kier molecular flexibility index (Phi) is 4.60. The van der Waals surface area contributed by atoms with Crippen LogP contribution in [0, 0.1) is 5.92 Å². The molecular weight excluding hydrogens is 418 g/mol. The summed E-state index contributed by atoms with van der Waals surface area (Å²) in [5.41, 5.74) is 2.61. The smallest absolute Gasteiger partial charge is 0.365 e. The van der Waals surface area contributed by atoms with E-state index in [4.69, 9.17) is 14.5 Å². The lowest BCUT2D eigenvalue weighted by molar-refractivity contribution is 0.280. The van der Waals surface area contributed by atoms with Gasteiger partial charge in [-0.15, -0.1) is 0 Å². The second kappa shape index (κ2) is 7.54. The standard InChI is InChI=1S/C24H27N7O2/c1-14(15-8-6-9-15)25-18-17-19(27-20(26-18)21-29-23(32)33-30-21)28-22(31(17)2)24(12-7-13-24)16-10-4-3-5-11-16/h3-5,10-11,14-15H,6-9,12-13H2,1-2H3,(H,25,26,27)(H,29,30,32). The van der Waals surface area contributed by atoms with Crippen molar-refractivity contribution in [2.45, 2.75) is 56.9 Å². The average molecular weight is 446 g/mol. The number of nitrogens with one attached hydrogen (secondary N) is 2. The second-order valence-corrected chi connectivity index (χ2v) is 9.43. The highest BCUT2D eigenvalue weighted by molar-refractivity contribution is 5.86. The number of hydrogen-bond acceptors (Lipinski definition) is 7. The minimum absolute atomic E-state index is 0.129. The first-order chi connectivity index (χ1) is 16.0. The SMILES string of the molecule is CC(Nc1nc(-c2noc(=O)[nH]2)nc2nc(C3(c4ccccc4)CCC3)n(C)c12)C1CCC1. The highest BCUT2D eigenvalue weighted by Crippen LogP contribution is 2.49. The molecule has 0 bridgehead atoms. The van der Waals surface area contributed by atoms with Crippen LogP contribution in [0.25, 0.3) is 22.8 Å². The maximum absolute atomic E-state index is 11.5. The number of rotatable bonds is 6. The van der Waals surface area contributed by atoms with Gasteiger partial charge in [0.25, 0.3) is 0 Å². The fourth-order valence-corrected chi connectivity index (χ4v) is 5.27. The predicted octanol–water partition coefficient (Wildman–Crippen LogP) is 3.78. The molecule has 1 atom stereocenters. The van der Waals surface area contributed by atoms with E-state index in [1.54, 1.807) is 0 Å². The lowest BCUT2D eigenvalue weighted by Crippen LogP contribution is -2.38. The normalized spacial score (nSPS) is 18.6. The van der Waals surface area contributed by atoms with Crippen LogP contribution >= 0.6 is 0 Å². The zero-order valence-electron chi connectivity index (χ0n) is 18.8. The number of benzene rings is 1. The molecule has 170 valence electrons. The fourth-order valence-electron chi connectivity index (χ4n) is 5.27. The number of imidazole rings is 1. The molecule has 0 aliphatic heterocycles. The van der Waals surface area contributed by atoms with E-state index < -0.39 is 5.76 Å². The molecule has 9 heteroatoms. The minimum atomic E-state index is -0.634. The molecule has 2 aliphatic rings. The van der Waals surface area contributed by atoms with Crippen LogP contribution in [-0.4, -0.2) is 35.7 Å². The van der Waals surface area contributed by atoms with Gasteiger partial charge in [0, 0.05) is 13.1 Å². The van der Waals surface area contributed by atoms with Gasteiger partial charge < -0.3 is 9.88 Å². The molecule has 2 aliphatic carbocycles. The molecule has 0 spiro atoms. The molecule has 2 N–H and O–H groups in total. The number of nitrogens with zero attached hydrogens (tertiary/aromatic N) is 5. The third-order valence-electron chi connectivity index (χ3n) is 7.57. The largest absolute Gasteiger partial charge is 0.439 e. The molecule has 0 saturated heterocycles. The first kappa shape index (κ1) is 20.1. The van der Waals surface area contributed by atoms with Gasteiger partial charge in [-0.2, -0.15) is 0 Å². The molecule has 2 saturated carbocycles. The van der Waals surface area contributed by atoms with Crippen molar-refractivity contribution in [2.75, 3.05) is 5.32 Å². The van der Waals surface area contributed by atoms with E-state index in [-0.39, 0.29) is 17.3 Å². The van der Waals surface area contributed by atoms with Crippen molar-refractivity contribution in [2.24, 2.45) is 13.0 Å². The van der Waals surface area contributed by atoms with E-state index in [9.17, 15) is 4.79 Å². The number of aryl methyl sites for hydroxylation is 1. The summed E-state index contributed by atoms with van der Waals surface area (Å²) in [6.45, 7) is 2.20. The highest BCUT2D eigenvalue weighted by Gasteiger charge is 2.44. The maximum atomic E-state index is 11.5. The Hall–Kier alpha value is -3.49. The zero-order valence-corrected chi connectivity index (χ0v) is 18.8. The van der Waals surface area contributed by atoms with Crippen molar-refractivity contribution in [1.82, 2.24) is 29.7 Å². The Morgan fingerprint density at radius 2 is 1.94 bits per heavy atom. The summed E-state index contributed by atoms with van der Waals surface area (Å²) in [4.78, 5) is 28.6. The van der Waals surface area contributed by atoms with Crippen LogP contribution in [0.3, 0.4) is 0 Å². The number of aromatic amines is 1. The monoisotopic (exact) mass is 445 g/mol. The molecule has 4 aromatic rings. The molecule has 2 fully saturated rings. The lowest BCUT2D eigenvalue weighted by Gasteiger charge is -2.41. The summed E-state index contributed by atoms with van der Waals surface area (Å²) >= 11 is 0. The molecule has 1 unspecified atom stereocenters. The van der Waals surface area contributed by atoms with Crippen molar-refractivity contribution in [3.05, 3.63) is 52.3 Å². The van der Waals surface area contributed by atoms with E-state index >= 15 is 0 Å². The summed E-state index contributed by atoms with van der Waals surface area (Å²) in [7, 11) is 2.05. The topological polar surface area (TPSA) is 115 Å². The summed E-state index contributed by atoms with van der Waals surface area (Å²) < 4.78 is 6.84. The minimum Gasteiger partial charge on any atom is -0.365 e. The molecule has 3 aromatic heterocycles. The number of anilines is 1. The highest BCUT2D eigenvalue weighted by atomic mass is 16.5. The lowest BCUT2D eigenvalue weighted by atomic mass is 9.64. The number of hydrogen-bond donors (Lipinski definition) is 2.